The molecule has 1 saturated carbocycles. The monoisotopic (exact) mass is 518 g/mol. The summed E-state index contributed by atoms with van der Waals surface area (Å²) in [5.74, 6) is 0.732. The van der Waals surface area contributed by atoms with Crippen LogP contribution in [0.4, 0.5) is 0 Å². The van der Waals surface area contributed by atoms with Gasteiger partial charge in [-0.15, -0.1) is 10.2 Å². The lowest BCUT2D eigenvalue weighted by molar-refractivity contribution is 0.0947. The minimum Gasteiger partial charge on any atom is -0.494 e. The van der Waals surface area contributed by atoms with Crippen molar-refractivity contribution in [1.29, 1.82) is 0 Å². The summed E-state index contributed by atoms with van der Waals surface area (Å²) in [5, 5.41) is 22.0. The molecule has 12 heteroatoms. The van der Waals surface area contributed by atoms with Crippen LogP contribution in [0, 0.1) is 5.92 Å². The highest BCUT2D eigenvalue weighted by Gasteiger charge is 2.28. The van der Waals surface area contributed by atoms with Gasteiger partial charge in [0, 0.05) is 18.8 Å². The number of pyridine rings is 1. The van der Waals surface area contributed by atoms with Crippen molar-refractivity contribution in [3.8, 4) is 34.5 Å². The lowest BCUT2D eigenvalue weighted by Gasteiger charge is -2.20. The van der Waals surface area contributed by atoms with E-state index < -0.39 is 11.4 Å². The van der Waals surface area contributed by atoms with E-state index in [-0.39, 0.29) is 29.8 Å². The van der Waals surface area contributed by atoms with Gasteiger partial charge in [0.15, 0.2) is 5.56 Å². The van der Waals surface area contributed by atoms with Gasteiger partial charge in [0.2, 0.25) is 11.8 Å². The van der Waals surface area contributed by atoms with Gasteiger partial charge < -0.3 is 24.3 Å². The summed E-state index contributed by atoms with van der Waals surface area (Å²) in [6, 6.07) is 8.45. The van der Waals surface area contributed by atoms with Gasteiger partial charge >= 0.3 is 0 Å². The predicted molar refractivity (Wildman–Crippen MR) is 134 cm³/mol. The van der Waals surface area contributed by atoms with E-state index in [1.165, 1.54) is 25.0 Å². The molecule has 4 aromatic rings. The summed E-state index contributed by atoms with van der Waals surface area (Å²) in [7, 11) is 3.00. The smallest absolute Gasteiger partial charge is 0.289 e. The Morgan fingerprint density at radius 1 is 1.16 bits per heavy atom. The van der Waals surface area contributed by atoms with Gasteiger partial charge in [0.25, 0.3) is 17.4 Å². The Morgan fingerprint density at radius 2 is 1.92 bits per heavy atom. The molecule has 12 nitrogen and oxygen atoms in total. The predicted octanol–water partition coefficient (Wildman–Crippen LogP) is 2.67. The van der Waals surface area contributed by atoms with Gasteiger partial charge in [-0.1, -0.05) is 18.9 Å². The van der Waals surface area contributed by atoms with Crippen molar-refractivity contribution in [2.45, 2.75) is 32.2 Å². The number of amides is 1. The number of hydrogen-bond acceptors (Lipinski definition) is 10. The van der Waals surface area contributed by atoms with Gasteiger partial charge in [0.05, 0.1) is 26.3 Å². The van der Waals surface area contributed by atoms with Crippen LogP contribution in [0.5, 0.6) is 17.4 Å². The summed E-state index contributed by atoms with van der Waals surface area (Å²) >= 11 is 0. The largest absolute Gasteiger partial charge is 0.494 e. The fourth-order valence-electron chi connectivity index (χ4n) is 4.12. The van der Waals surface area contributed by atoms with E-state index in [4.69, 9.17) is 13.9 Å². The molecule has 2 N–H and O–H groups in total. The second-order valence-electron chi connectivity index (χ2n) is 8.79. The minimum atomic E-state index is -0.715. The minimum absolute atomic E-state index is 0.0373. The molecule has 5 rings (SSSR count). The number of aromatic hydroxyl groups is 1. The Bertz CT molecular complexity index is 1490. The molecule has 0 radical (unpaired) electrons. The molecule has 1 aliphatic rings. The summed E-state index contributed by atoms with van der Waals surface area (Å²) in [6.07, 6.45) is 6.54. The second-order valence-corrected chi connectivity index (χ2v) is 8.79. The molecule has 3 heterocycles. The third kappa shape index (κ3) is 5.05. The Morgan fingerprint density at radius 3 is 2.58 bits per heavy atom. The van der Waals surface area contributed by atoms with E-state index in [0.29, 0.717) is 40.9 Å². The number of rotatable bonds is 10. The highest BCUT2D eigenvalue weighted by Crippen LogP contribution is 2.39. The lowest BCUT2D eigenvalue weighted by atomic mass is 10.1. The van der Waals surface area contributed by atoms with Crippen molar-refractivity contribution in [3.05, 3.63) is 70.4 Å². The molecule has 1 fully saturated rings. The van der Waals surface area contributed by atoms with Gasteiger partial charge in [0.1, 0.15) is 23.0 Å². The number of para-hydroxylation sites is 1. The summed E-state index contributed by atoms with van der Waals surface area (Å²) < 4.78 is 18.2. The maximum Gasteiger partial charge on any atom is 0.289 e. The number of methoxy groups -OCH3 is 2. The number of nitrogens with zero attached hydrogens (tertiary/aromatic N) is 5. The molecule has 0 aliphatic heterocycles. The first kappa shape index (κ1) is 24.9. The molecule has 0 atom stereocenters. The van der Waals surface area contributed by atoms with Crippen molar-refractivity contribution in [2.75, 3.05) is 14.2 Å². The van der Waals surface area contributed by atoms with Crippen LogP contribution in [0.25, 0.3) is 17.1 Å². The second kappa shape index (κ2) is 10.7. The number of carbonyl (C=O) groups is 1. The van der Waals surface area contributed by atoms with Gasteiger partial charge in [-0.2, -0.15) is 4.98 Å². The van der Waals surface area contributed by atoms with Gasteiger partial charge in [-0.05, 0) is 36.6 Å². The molecule has 3 aromatic heterocycles. The Hall–Kier alpha value is -4.74. The first-order valence-electron chi connectivity index (χ1n) is 12.1. The molecule has 1 amide bonds. The first-order valence-corrected chi connectivity index (χ1v) is 12.1. The molecule has 1 aliphatic carbocycles. The third-order valence-corrected chi connectivity index (χ3v) is 6.24. The van der Waals surface area contributed by atoms with E-state index in [1.807, 2.05) is 0 Å². The van der Waals surface area contributed by atoms with Crippen molar-refractivity contribution in [1.82, 2.24) is 30.0 Å². The van der Waals surface area contributed by atoms with E-state index in [0.717, 1.165) is 19.3 Å². The Kier molecular flexibility index (Phi) is 7.03. The van der Waals surface area contributed by atoms with Crippen molar-refractivity contribution < 1.29 is 23.8 Å². The Balaban J connectivity index is 1.53. The standard InChI is InChI=1S/C26H26N6O6/c1-36-17-6-3-7-18(37-2)22(17)32-19(11-10-15-8-9-15)29-24(34)21(26(32)35)25-31-30-20(38-25)14-28-23(33)16-5-4-12-27-13-16/h3-7,12-13,15,35H,8-11,14H2,1-2H3,(H,28,33). The number of nitrogens with one attached hydrogen (secondary N) is 1. The number of carbonyl (C=O) groups excluding carboxylic acids is 1. The molecule has 0 unspecified atom stereocenters. The number of benzene rings is 1. The first-order chi connectivity index (χ1) is 18.5. The summed E-state index contributed by atoms with van der Waals surface area (Å²) in [5.41, 5.74) is -0.235. The van der Waals surface area contributed by atoms with Crippen molar-refractivity contribution in [2.24, 2.45) is 5.92 Å². The number of hydrogen-bond donors (Lipinski definition) is 2. The van der Waals surface area contributed by atoms with Gasteiger partial charge in [-0.3, -0.25) is 19.1 Å². The van der Waals surface area contributed by atoms with Crippen LogP contribution in [0.2, 0.25) is 0 Å². The number of ether oxygens (including phenoxy) is 2. The number of aryl methyl sites for hydroxylation is 1. The van der Waals surface area contributed by atoms with Crippen LogP contribution in [0.1, 0.15) is 41.3 Å². The van der Waals surface area contributed by atoms with E-state index in [2.05, 4.69) is 25.5 Å². The highest BCUT2D eigenvalue weighted by molar-refractivity contribution is 5.93. The van der Waals surface area contributed by atoms with Crippen LogP contribution < -0.4 is 20.3 Å². The summed E-state index contributed by atoms with van der Waals surface area (Å²) in [6.45, 7) is -0.0943. The van der Waals surface area contributed by atoms with Crippen LogP contribution in [0.3, 0.4) is 0 Å². The van der Waals surface area contributed by atoms with E-state index in [9.17, 15) is 14.7 Å². The molecule has 0 bridgehead atoms. The zero-order chi connectivity index (χ0) is 26.6. The summed E-state index contributed by atoms with van der Waals surface area (Å²) in [4.78, 5) is 33.6. The van der Waals surface area contributed by atoms with E-state index in [1.54, 1.807) is 36.5 Å². The quantitative estimate of drug-likeness (QED) is 0.320. The molecule has 0 spiro atoms. The molecule has 0 saturated heterocycles. The maximum atomic E-state index is 13.1. The van der Waals surface area contributed by atoms with Crippen LogP contribution in [0.15, 0.2) is 51.9 Å². The number of aromatic nitrogens is 5. The fraction of sp³-hybridized carbons (Fsp3) is 0.308. The highest BCUT2D eigenvalue weighted by atomic mass is 16.5. The Labute approximate surface area is 217 Å². The lowest BCUT2D eigenvalue weighted by Crippen LogP contribution is -2.23. The average molecular weight is 519 g/mol. The third-order valence-electron chi connectivity index (χ3n) is 6.24. The zero-order valence-corrected chi connectivity index (χ0v) is 20.9. The van der Waals surface area contributed by atoms with E-state index >= 15 is 0 Å². The van der Waals surface area contributed by atoms with Gasteiger partial charge in [-0.25, -0.2) is 0 Å². The fourth-order valence-corrected chi connectivity index (χ4v) is 4.12. The average Bonchev–Trinajstić information content (AvgIpc) is 3.66. The zero-order valence-electron chi connectivity index (χ0n) is 20.9. The molecule has 1 aromatic carbocycles. The van der Waals surface area contributed by atoms with Crippen LogP contribution in [-0.4, -0.2) is 50.0 Å². The van der Waals surface area contributed by atoms with Crippen molar-refractivity contribution in [3.63, 3.8) is 0 Å². The topological polar surface area (TPSA) is 154 Å². The maximum absolute atomic E-state index is 13.1. The molecule has 196 valence electrons. The molecule has 38 heavy (non-hydrogen) atoms. The van der Waals surface area contributed by atoms with Crippen LogP contribution >= 0.6 is 0 Å². The SMILES string of the molecule is COc1cccc(OC)c1-n1c(CCC2CC2)nc(=O)c(-c2nnc(CNC(=O)c3cccnc3)o2)c1O. The van der Waals surface area contributed by atoms with Crippen molar-refractivity contribution >= 4 is 5.91 Å². The molecular formula is C26H26N6O6. The van der Waals surface area contributed by atoms with Crippen LogP contribution in [-0.2, 0) is 13.0 Å². The molecular weight excluding hydrogens is 492 g/mol. The normalized spacial score (nSPS) is 12.8.